The van der Waals surface area contributed by atoms with E-state index in [2.05, 4.69) is 15.6 Å². The molecular weight excluding hydrogens is 464 g/mol. The largest absolute Gasteiger partial charge is 0.422 e. The van der Waals surface area contributed by atoms with E-state index in [-0.39, 0.29) is 21.8 Å². The van der Waals surface area contributed by atoms with Crippen LogP contribution in [0.5, 0.6) is 0 Å². The van der Waals surface area contributed by atoms with Crippen LogP contribution in [-0.2, 0) is 10.0 Å². The molecule has 0 atom stereocenters. The highest BCUT2D eigenvalue weighted by molar-refractivity contribution is 7.92. The average molecular weight is 480 g/mol. The van der Waals surface area contributed by atoms with Crippen molar-refractivity contribution in [3.8, 4) is 0 Å². The van der Waals surface area contributed by atoms with Gasteiger partial charge in [-0.3, -0.25) is 30.5 Å². The van der Waals surface area contributed by atoms with E-state index in [0.29, 0.717) is 11.0 Å². The average Bonchev–Trinajstić information content (AvgIpc) is 2.82. The Balaban J connectivity index is 1.57. The second kappa shape index (κ2) is 9.03. The second-order valence-electron chi connectivity index (χ2n) is 6.97. The van der Waals surface area contributed by atoms with Crippen molar-refractivity contribution in [2.45, 2.75) is 4.90 Å². The van der Waals surface area contributed by atoms with Crippen LogP contribution in [0, 0.1) is 10.1 Å². The Hall–Kier alpha value is -4.71. The van der Waals surface area contributed by atoms with Crippen molar-refractivity contribution in [1.29, 1.82) is 0 Å². The van der Waals surface area contributed by atoms with Crippen LogP contribution in [0.25, 0.3) is 11.0 Å². The number of para-hydroxylation sites is 2. The van der Waals surface area contributed by atoms with Gasteiger partial charge in [0, 0.05) is 17.1 Å². The highest BCUT2D eigenvalue weighted by Gasteiger charge is 2.22. The molecule has 11 nitrogen and oxygen atoms in total. The maximum Gasteiger partial charge on any atom is 0.349 e. The number of fused-ring (bicyclic) bond motifs is 1. The molecule has 3 N–H and O–H groups in total. The molecule has 0 aliphatic rings. The summed E-state index contributed by atoms with van der Waals surface area (Å²) in [5, 5.41) is 12.1. The molecule has 1 aromatic heterocycles. The highest BCUT2D eigenvalue weighted by atomic mass is 32.2. The Morgan fingerprint density at radius 1 is 0.941 bits per heavy atom. The van der Waals surface area contributed by atoms with Gasteiger partial charge < -0.3 is 4.42 Å². The monoisotopic (exact) mass is 480 g/mol. The summed E-state index contributed by atoms with van der Waals surface area (Å²) >= 11 is 0. The molecule has 0 spiro atoms. The number of hydrazine groups is 1. The number of hydrogen-bond acceptors (Lipinski definition) is 8. The predicted molar refractivity (Wildman–Crippen MR) is 124 cm³/mol. The van der Waals surface area contributed by atoms with E-state index in [4.69, 9.17) is 4.42 Å². The summed E-state index contributed by atoms with van der Waals surface area (Å²) in [6.45, 7) is 0. The van der Waals surface area contributed by atoms with Crippen LogP contribution >= 0.6 is 0 Å². The van der Waals surface area contributed by atoms with Crippen molar-refractivity contribution in [2.75, 3.05) is 10.1 Å². The van der Waals surface area contributed by atoms with E-state index in [1.165, 1.54) is 18.2 Å². The van der Waals surface area contributed by atoms with Gasteiger partial charge in [-0.1, -0.05) is 36.4 Å². The lowest BCUT2D eigenvalue weighted by Gasteiger charge is -2.11. The van der Waals surface area contributed by atoms with Gasteiger partial charge >= 0.3 is 5.63 Å². The SMILES string of the molecule is O=C(NNc1ccc(S(=O)(=O)Nc2ccccc2)cc1[N+](=O)[O-])c1cc2ccccc2oc1=O. The third-order valence-electron chi connectivity index (χ3n) is 4.70. The van der Waals surface area contributed by atoms with Gasteiger partial charge in [0.25, 0.3) is 21.6 Å². The quantitative estimate of drug-likeness (QED) is 0.206. The van der Waals surface area contributed by atoms with Gasteiger partial charge in [0.1, 0.15) is 16.8 Å². The molecule has 0 saturated heterocycles. The van der Waals surface area contributed by atoms with Gasteiger partial charge in [0.05, 0.1) is 9.82 Å². The molecule has 0 bridgehead atoms. The number of nitro groups is 1. The number of nitrogens with one attached hydrogen (secondary N) is 3. The molecule has 3 aromatic carbocycles. The molecule has 0 saturated carbocycles. The van der Waals surface area contributed by atoms with Crippen LogP contribution < -0.4 is 21.2 Å². The molecule has 4 rings (SSSR count). The minimum absolute atomic E-state index is 0.192. The Kier molecular flexibility index (Phi) is 5.97. The van der Waals surface area contributed by atoms with Crippen molar-refractivity contribution in [3.05, 3.63) is 105 Å². The Morgan fingerprint density at radius 2 is 1.65 bits per heavy atom. The standard InChI is InChI=1S/C22H16N4O7S/c27-21(17-12-14-6-4-5-9-20(14)33-22(17)28)24-23-18-11-10-16(13-19(18)26(29)30)34(31,32)25-15-7-2-1-3-8-15/h1-13,23,25H,(H,24,27). The molecule has 0 radical (unpaired) electrons. The molecule has 12 heteroatoms. The normalized spacial score (nSPS) is 11.1. The lowest BCUT2D eigenvalue weighted by molar-refractivity contribution is -0.384. The van der Waals surface area contributed by atoms with Crippen LogP contribution in [0.4, 0.5) is 17.1 Å². The fourth-order valence-electron chi connectivity index (χ4n) is 3.07. The number of nitro benzene ring substituents is 1. The first-order chi connectivity index (χ1) is 16.2. The van der Waals surface area contributed by atoms with Crippen LogP contribution in [0.15, 0.2) is 93.0 Å². The van der Waals surface area contributed by atoms with Crippen molar-refractivity contribution in [3.63, 3.8) is 0 Å². The van der Waals surface area contributed by atoms with Gasteiger partial charge in [-0.2, -0.15) is 0 Å². The third-order valence-corrected chi connectivity index (χ3v) is 6.08. The Bertz CT molecular complexity index is 1570. The zero-order valence-corrected chi connectivity index (χ0v) is 18.0. The van der Waals surface area contributed by atoms with Gasteiger partial charge in [-0.15, -0.1) is 0 Å². The zero-order valence-electron chi connectivity index (χ0n) is 17.2. The van der Waals surface area contributed by atoms with Crippen molar-refractivity contribution in [2.24, 2.45) is 0 Å². The number of carbonyl (C=O) groups excluding carboxylic acids is 1. The number of carbonyl (C=O) groups is 1. The highest BCUT2D eigenvalue weighted by Crippen LogP contribution is 2.28. The summed E-state index contributed by atoms with van der Waals surface area (Å²) in [5.41, 5.74) is 3.13. The molecule has 172 valence electrons. The molecule has 0 fully saturated rings. The van der Waals surface area contributed by atoms with E-state index in [1.54, 1.807) is 42.5 Å². The number of anilines is 2. The zero-order chi connectivity index (χ0) is 24.3. The third kappa shape index (κ3) is 4.71. The van der Waals surface area contributed by atoms with Gasteiger partial charge in [-0.05, 0) is 36.4 Å². The number of sulfonamides is 1. The van der Waals surface area contributed by atoms with E-state index >= 15 is 0 Å². The lowest BCUT2D eigenvalue weighted by atomic mass is 10.2. The second-order valence-corrected chi connectivity index (χ2v) is 8.65. The van der Waals surface area contributed by atoms with Gasteiger partial charge in [0.15, 0.2) is 0 Å². The molecular formula is C22H16N4O7S. The smallest absolute Gasteiger partial charge is 0.349 e. The first kappa shape index (κ1) is 22.5. The first-order valence-corrected chi connectivity index (χ1v) is 11.2. The van der Waals surface area contributed by atoms with Crippen LogP contribution in [-0.4, -0.2) is 19.2 Å². The van der Waals surface area contributed by atoms with Crippen molar-refractivity contribution >= 4 is 44.0 Å². The molecule has 1 heterocycles. The molecule has 1 amide bonds. The first-order valence-electron chi connectivity index (χ1n) is 9.70. The summed E-state index contributed by atoms with van der Waals surface area (Å²) in [5.74, 6) is -0.892. The predicted octanol–water partition coefficient (Wildman–Crippen LogP) is 3.26. The maximum absolute atomic E-state index is 12.6. The summed E-state index contributed by atoms with van der Waals surface area (Å²) in [6, 6.07) is 19.1. The fraction of sp³-hybridized carbons (Fsp3) is 0. The van der Waals surface area contributed by atoms with E-state index < -0.39 is 32.2 Å². The van der Waals surface area contributed by atoms with Crippen LogP contribution in [0.1, 0.15) is 10.4 Å². The number of rotatable bonds is 7. The van der Waals surface area contributed by atoms with Gasteiger partial charge in [-0.25, -0.2) is 13.2 Å². The summed E-state index contributed by atoms with van der Waals surface area (Å²) < 4.78 is 32.7. The summed E-state index contributed by atoms with van der Waals surface area (Å²) in [6.07, 6.45) is 0. The maximum atomic E-state index is 12.6. The topological polar surface area (TPSA) is 161 Å². The Labute approximate surface area is 192 Å². The molecule has 0 aliphatic heterocycles. The van der Waals surface area contributed by atoms with E-state index in [1.807, 2.05) is 0 Å². The Morgan fingerprint density at radius 3 is 2.38 bits per heavy atom. The van der Waals surface area contributed by atoms with Crippen LogP contribution in [0.2, 0.25) is 0 Å². The van der Waals surface area contributed by atoms with E-state index in [0.717, 1.165) is 18.2 Å². The molecule has 0 aliphatic carbocycles. The van der Waals surface area contributed by atoms with Crippen LogP contribution in [0.3, 0.4) is 0 Å². The van der Waals surface area contributed by atoms with E-state index in [9.17, 15) is 28.1 Å². The summed E-state index contributed by atoms with van der Waals surface area (Å²) in [4.78, 5) is 35.0. The number of amides is 1. The van der Waals surface area contributed by atoms with Crippen molar-refractivity contribution < 1.29 is 22.6 Å². The number of nitrogens with zero attached hydrogens (tertiary/aromatic N) is 1. The molecule has 34 heavy (non-hydrogen) atoms. The minimum Gasteiger partial charge on any atom is -0.422 e. The lowest BCUT2D eigenvalue weighted by Crippen LogP contribution is -2.33. The molecule has 0 unspecified atom stereocenters. The summed E-state index contributed by atoms with van der Waals surface area (Å²) in [7, 11) is -4.11. The fourth-order valence-corrected chi connectivity index (χ4v) is 4.15. The van der Waals surface area contributed by atoms with Crippen molar-refractivity contribution in [1.82, 2.24) is 5.43 Å². The number of hydrogen-bond donors (Lipinski definition) is 3. The number of benzene rings is 3. The minimum atomic E-state index is -4.11. The molecule has 4 aromatic rings. The van der Waals surface area contributed by atoms with Gasteiger partial charge in [0.2, 0.25) is 0 Å².